The first kappa shape index (κ1) is 12.5. The molecule has 0 fully saturated rings. The normalized spacial score (nSPS) is 8.33. The van der Waals surface area contributed by atoms with Gasteiger partial charge in [-0.2, -0.15) is 0 Å². The van der Waals surface area contributed by atoms with E-state index in [4.69, 9.17) is 5.11 Å². The second-order valence-electron chi connectivity index (χ2n) is 2.03. The third kappa shape index (κ3) is 7.19. The Kier molecular flexibility index (Phi) is 7.28. The summed E-state index contributed by atoms with van der Waals surface area (Å²) in [5.74, 6) is 0.368. The van der Waals surface area contributed by atoms with Gasteiger partial charge in [0, 0.05) is 0 Å². The Labute approximate surface area is 97.5 Å². The van der Waals surface area contributed by atoms with Crippen LogP contribution in [0.25, 0.3) is 0 Å². The first-order valence-corrected chi connectivity index (χ1v) is 5.95. The van der Waals surface area contributed by atoms with E-state index in [1.807, 2.05) is 25.1 Å². The molecule has 1 rings (SSSR count). The molecule has 0 aliphatic heterocycles. The second-order valence-corrected chi connectivity index (χ2v) is 8.47. The Bertz CT molecular complexity index is 206. The number of hydrogen-bond donors (Lipinski definition) is 1. The van der Waals surface area contributed by atoms with Gasteiger partial charge in [-0.05, 0) is 18.6 Å². The summed E-state index contributed by atoms with van der Waals surface area (Å²) in [7, 11) is 0. The Balaban J connectivity index is 0.000000261. The predicted molar refractivity (Wildman–Crippen MR) is 65.4 cm³/mol. The highest BCUT2D eigenvalue weighted by atomic mass is 79.9. The predicted octanol–water partition coefficient (Wildman–Crippen LogP) is 3.86. The fourth-order valence-electron chi connectivity index (χ4n) is 0.563. The molecule has 66 valence electrons. The highest BCUT2D eigenvalue weighted by Gasteiger charge is 1.88. The number of benzene rings is 1. The Morgan fingerprint density at radius 3 is 1.83 bits per heavy atom. The van der Waals surface area contributed by atoms with Crippen LogP contribution in [-0.4, -0.2) is 8.29 Å². The zero-order valence-corrected chi connectivity index (χ0v) is 11.2. The third-order valence-corrected chi connectivity index (χ3v) is 1.12. The van der Waals surface area contributed by atoms with Gasteiger partial charge >= 0.3 is 3.18 Å². The quantitative estimate of drug-likeness (QED) is 0.698. The number of halogens is 3. The van der Waals surface area contributed by atoms with Crippen molar-refractivity contribution in [3.8, 4) is 5.75 Å². The highest BCUT2D eigenvalue weighted by Crippen LogP contribution is 2.12. The first-order valence-electron chi connectivity index (χ1n) is 3.21. The number of rotatable bonds is 0. The summed E-state index contributed by atoms with van der Waals surface area (Å²) in [4.78, 5) is 0. The summed E-state index contributed by atoms with van der Waals surface area (Å²) in [6.07, 6.45) is 0. The molecule has 0 aromatic heterocycles. The minimum absolute atomic E-state index is 0.271. The molecular formula is C7H8BBr3O. The van der Waals surface area contributed by atoms with Crippen LogP contribution >= 0.6 is 47.3 Å². The van der Waals surface area contributed by atoms with Gasteiger partial charge in [0.05, 0.1) is 0 Å². The topological polar surface area (TPSA) is 20.2 Å². The molecular weight excluding hydrogens is 351 g/mol. The molecule has 0 radical (unpaired) electrons. The lowest BCUT2D eigenvalue weighted by atomic mass is 10.2. The molecule has 0 aliphatic carbocycles. The van der Waals surface area contributed by atoms with Crippen molar-refractivity contribution in [1.82, 2.24) is 0 Å². The van der Waals surface area contributed by atoms with E-state index in [1.54, 1.807) is 6.07 Å². The monoisotopic (exact) mass is 356 g/mol. The summed E-state index contributed by atoms with van der Waals surface area (Å²) < 4.78 is 0.271. The molecule has 1 aromatic rings. The van der Waals surface area contributed by atoms with Crippen LogP contribution in [0.15, 0.2) is 24.3 Å². The molecule has 5 heteroatoms. The summed E-state index contributed by atoms with van der Waals surface area (Å²) in [6, 6.07) is 7.25. The van der Waals surface area contributed by atoms with Crippen LogP contribution in [0.5, 0.6) is 5.75 Å². The number of phenols is 1. The number of phenolic OH excluding ortho intramolecular Hbond substituents is 1. The summed E-state index contributed by atoms with van der Waals surface area (Å²) >= 11 is 9.31. The molecule has 0 aliphatic rings. The summed E-state index contributed by atoms with van der Waals surface area (Å²) in [5, 5.41) is 8.92. The highest BCUT2D eigenvalue weighted by molar-refractivity contribution is 9.69. The third-order valence-electron chi connectivity index (χ3n) is 1.12. The van der Waals surface area contributed by atoms with Crippen LogP contribution in [-0.2, 0) is 0 Å². The molecule has 0 bridgehead atoms. The van der Waals surface area contributed by atoms with Gasteiger partial charge < -0.3 is 5.11 Å². The fraction of sp³-hybridized carbons (Fsp3) is 0.143. The Morgan fingerprint density at radius 2 is 1.58 bits per heavy atom. The van der Waals surface area contributed by atoms with Crippen LogP contribution in [0, 0.1) is 6.92 Å². The smallest absolute Gasteiger partial charge is 0.369 e. The minimum Gasteiger partial charge on any atom is -0.508 e. The average Bonchev–Trinajstić information content (AvgIpc) is 1.94. The number of hydrogen-bond acceptors (Lipinski definition) is 1. The molecule has 0 amide bonds. The van der Waals surface area contributed by atoms with Gasteiger partial charge in [0.25, 0.3) is 0 Å². The van der Waals surface area contributed by atoms with Crippen LogP contribution < -0.4 is 0 Å². The van der Waals surface area contributed by atoms with Gasteiger partial charge in [0.2, 0.25) is 0 Å². The van der Waals surface area contributed by atoms with Crippen LogP contribution in [0.3, 0.4) is 0 Å². The van der Waals surface area contributed by atoms with Crippen molar-refractivity contribution in [3.05, 3.63) is 29.8 Å². The van der Waals surface area contributed by atoms with Crippen molar-refractivity contribution >= 4 is 50.5 Å². The molecule has 0 saturated carbocycles. The van der Waals surface area contributed by atoms with Crippen LogP contribution in [0.2, 0.25) is 0 Å². The van der Waals surface area contributed by atoms with Gasteiger partial charge in [0.15, 0.2) is 0 Å². The average molecular weight is 359 g/mol. The maximum absolute atomic E-state index is 8.92. The lowest BCUT2D eigenvalue weighted by molar-refractivity contribution is 0.471. The van der Waals surface area contributed by atoms with E-state index in [9.17, 15) is 0 Å². The lowest BCUT2D eigenvalue weighted by Gasteiger charge is -1.92. The number of aryl methyl sites for hydroxylation is 1. The van der Waals surface area contributed by atoms with Crippen molar-refractivity contribution in [2.75, 3.05) is 0 Å². The van der Waals surface area contributed by atoms with E-state index < -0.39 is 0 Å². The lowest BCUT2D eigenvalue weighted by Crippen LogP contribution is -1.68. The molecule has 0 saturated heterocycles. The van der Waals surface area contributed by atoms with Crippen molar-refractivity contribution < 1.29 is 5.11 Å². The Hall–Kier alpha value is 0.525. The molecule has 1 aromatic carbocycles. The fourth-order valence-corrected chi connectivity index (χ4v) is 0.563. The van der Waals surface area contributed by atoms with Gasteiger partial charge in [-0.1, -0.05) is 18.2 Å². The first-order chi connectivity index (χ1) is 5.54. The molecule has 12 heavy (non-hydrogen) atoms. The van der Waals surface area contributed by atoms with E-state index in [0.29, 0.717) is 5.75 Å². The summed E-state index contributed by atoms with van der Waals surface area (Å²) in [6.45, 7) is 1.87. The van der Waals surface area contributed by atoms with Crippen LogP contribution in [0.1, 0.15) is 5.56 Å². The largest absolute Gasteiger partial charge is 0.508 e. The van der Waals surface area contributed by atoms with Gasteiger partial charge in [-0.3, -0.25) is 0 Å². The van der Waals surface area contributed by atoms with Gasteiger partial charge in [0.1, 0.15) is 5.75 Å². The van der Waals surface area contributed by atoms with E-state index in [2.05, 4.69) is 47.3 Å². The summed E-state index contributed by atoms with van der Waals surface area (Å²) in [5.41, 5.74) is 0.924. The van der Waals surface area contributed by atoms with Gasteiger partial charge in [-0.25, -0.2) is 0 Å². The number of para-hydroxylation sites is 1. The standard InChI is InChI=1S/C7H8O.BBr3/c1-6-4-2-3-5-7(6)8;2-1(3)4/h2-5,8H,1H3;. The second kappa shape index (κ2) is 6.98. The van der Waals surface area contributed by atoms with Gasteiger partial charge in [-0.15, -0.1) is 47.3 Å². The van der Waals surface area contributed by atoms with Crippen molar-refractivity contribution in [2.45, 2.75) is 6.92 Å². The van der Waals surface area contributed by atoms with Crippen molar-refractivity contribution in [3.63, 3.8) is 0 Å². The zero-order chi connectivity index (χ0) is 9.56. The van der Waals surface area contributed by atoms with Crippen molar-refractivity contribution in [1.29, 1.82) is 0 Å². The minimum atomic E-state index is 0.271. The Morgan fingerprint density at radius 1 is 1.17 bits per heavy atom. The molecule has 0 heterocycles. The molecule has 0 unspecified atom stereocenters. The maximum atomic E-state index is 8.92. The van der Waals surface area contributed by atoms with E-state index in [0.717, 1.165) is 5.56 Å². The SMILES string of the molecule is BrB(Br)Br.Cc1ccccc1O. The van der Waals surface area contributed by atoms with E-state index in [-0.39, 0.29) is 3.18 Å². The van der Waals surface area contributed by atoms with Crippen molar-refractivity contribution in [2.24, 2.45) is 0 Å². The molecule has 1 nitrogen and oxygen atoms in total. The number of aromatic hydroxyl groups is 1. The zero-order valence-electron chi connectivity index (χ0n) is 6.47. The molecule has 0 spiro atoms. The van der Waals surface area contributed by atoms with Crippen LogP contribution in [0.4, 0.5) is 0 Å². The maximum Gasteiger partial charge on any atom is 0.369 e. The van der Waals surface area contributed by atoms with E-state index >= 15 is 0 Å². The molecule has 0 atom stereocenters. The van der Waals surface area contributed by atoms with E-state index in [1.165, 1.54) is 0 Å². The molecule has 1 N–H and O–H groups in total.